The van der Waals surface area contributed by atoms with Crippen LogP contribution in [0.15, 0.2) is 101 Å². The molecule has 0 atom stereocenters. The topological polar surface area (TPSA) is 140 Å². The number of amides is 1. The summed E-state index contributed by atoms with van der Waals surface area (Å²) < 4.78 is 72.1. The Kier molecular flexibility index (Phi) is 9.69. The molecule has 0 saturated carbocycles. The van der Waals surface area contributed by atoms with Crippen LogP contribution in [-0.2, 0) is 24.8 Å². The van der Waals surface area contributed by atoms with Crippen LogP contribution in [0.1, 0.15) is 0 Å². The lowest BCUT2D eigenvalue weighted by molar-refractivity contribution is -0.114. The lowest BCUT2D eigenvalue weighted by atomic mass is 10.3. The zero-order valence-electron chi connectivity index (χ0n) is 23.3. The van der Waals surface area contributed by atoms with Gasteiger partial charge in [-0.15, -0.1) is 0 Å². The molecular weight excluding hydrogens is 618 g/mol. The fraction of sp³-hybridized carbons (Fsp3) is 0.138. The van der Waals surface area contributed by atoms with Crippen LogP contribution < -0.4 is 28.6 Å². The molecular formula is C29H28ClN3O8S2. The molecule has 0 aromatic heterocycles. The van der Waals surface area contributed by atoms with E-state index in [4.69, 9.17) is 25.8 Å². The van der Waals surface area contributed by atoms with Crippen LogP contribution in [0.3, 0.4) is 0 Å². The summed E-state index contributed by atoms with van der Waals surface area (Å²) in [7, 11) is -3.93. The molecule has 0 aliphatic heterocycles. The minimum Gasteiger partial charge on any atom is -0.497 e. The molecule has 0 spiro atoms. The highest BCUT2D eigenvalue weighted by atomic mass is 35.5. The largest absolute Gasteiger partial charge is 0.497 e. The molecule has 4 aromatic carbocycles. The minimum atomic E-state index is -4.18. The van der Waals surface area contributed by atoms with Gasteiger partial charge in [0.1, 0.15) is 23.8 Å². The maximum absolute atomic E-state index is 13.6. The normalized spacial score (nSPS) is 11.3. The summed E-state index contributed by atoms with van der Waals surface area (Å²) in [4.78, 5) is 13.0. The number of carbonyl (C=O) groups is 1. The van der Waals surface area contributed by atoms with Crippen LogP contribution in [0.25, 0.3) is 0 Å². The highest BCUT2D eigenvalue weighted by Crippen LogP contribution is 2.33. The van der Waals surface area contributed by atoms with Crippen LogP contribution >= 0.6 is 11.6 Å². The summed E-state index contributed by atoms with van der Waals surface area (Å²) in [6.45, 7) is -0.600. The second-order valence-corrected chi connectivity index (χ2v) is 12.8. The number of halogens is 1. The molecule has 1 amide bonds. The Labute approximate surface area is 255 Å². The second kappa shape index (κ2) is 13.2. The predicted octanol–water partition coefficient (Wildman–Crippen LogP) is 5.00. The van der Waals surface area contributed by atoms with Crippen molar-refractivity contribution in [2.45, 2.75) is 9.79 Å². The number of benzene rings is 4. The summed E-state index contributed by atoms with van der Waals surface area (Å²) in [5, 5.41) is 2.77. The lowest BCUT2D eigenvalue weighted by Crippen LogP contribution is -2.38. The molecule has 43 heavy (non-hydrogen) atoms. The zero-order chi connectivity index (χ0) is 31.2. The van der Waals surface area contributed by atoms with Gasteiger partial charge < -0.3 is 19.5 Å². The van der Waals surface area contributed by atoms with Gasteiger partial charge in [0.25, 0.3) is 20.0 Å². The Bertz CT molecular complexity index is 1820. The van der Waals surface area contributed by atoms with Crippen molar-refractivity contribution in [1.82, 2.24) is 0 Å². The molecule has 4 rings (SSSR count). The van der Waals surface area contributed by atoms with Gasteiger partial charge >= 0.3 is 0 Å². The monoisotopic (exact) mass is 645 g/mol. The number of hydrogen-bond donors (Lipinski definition) is 2. The third-order valence-corrected chi connectivity index (χ3v) is 9.61. The summed E-state index contributed by atoms with van der Waals surface area (Å²) >= 11 is 6.26. The van der Waals surface area contributed by atoms with E-state index in [9.17, 15) is 21.6 Å². The highest BCUT2D eigenvalue weighted by Gasteiger charge is 2.28. The first-order chi connectivity index (χ1) is 20.5. The van der Waals surface area contributed by atoms with Gasteiger partial charge in [-0.25, -0.2) is 16.8 Å². The first-order valence-corrected chi connectivity index (χ1v) is 15.8. The number of carbonyl (C=O) groups excluding carboxylic acids is 1. The average Bonchev–Trinajstić information content (AvgIpc) is 3.00. The van der Waals surface area contributed by atoms with E-state index in [1.807, 2.05) is 0 Å². The van der Waals surface area contributed by atoms with Gasteiger partial charge in [0.15, 0.2) is 0 Å². The van der Waals surface area contributed by atoms with E-state index in [-0.39, 0.29) is 31.9 Å². The van der Waals surface area contributed by atoms with Crippen molar-refractivity contribution in [3.8, 4) is 17.2 Å². The van der Waals surface area contributed by atoms with Crippen molar-refractivity contribution in [2.75, 3.05) is 42.2 Å². The van der Waals surface area contributed by atoms with Crippen LogP contribution in [0.4, 0.5) is 17.1 Å². The maximum atomic E-state index is 13.6. The molecule has 0 bridgehead atoms. The number of nitrogens with one attached hydrogen (secondary N) is 2. The molecule has 0 radical (unpaired) electrons. The summed E-state index contributed by atoms with van der Waals surface area (Å²) in [5.41, 5.74) is 0.565. The molecule has 11 nitrogen and oxygen atoms in total. The minimum absolute atomic E-state index is 0.0236. The number of hydrogen-bond acceptors (Lipinski definition) is 8. The van der Waals surface area contributed by atoms with E-state index < -0.39 is 32.5 Å². The van der Waals surface area contributed by atoms with Crippen molar-refractivity contribution >= 4 is 54.6 Å². The average molecular weight is 646 g/mol. The van der Waals surface area contributed by atoms with E-state index in [1.54, 1.807) is 30.3 Å². The Balaban J connectivity index is 1.55. The third-order valence-electron chi connectivity index (χ3n) is 6.14. The van der Waals surface area contributed by atoms with E-state index in [1.165, 1.54) is 82.0 Å². The molecule has 0 aliphatic rings. The number of rotatable bonds is 12. The van der Waals surface area contributed by atoms with Gasteiger partial charge in [0.2, 0.25) is 5.91 Å². The molecule has 226 valence electrons. The van der Waals surface area contributed by atoms with Crippen molar-refractivity contribution in [3.05, 3.63) is 96.0 Å². The lowest BCUT2D eigenvalue weighted by Gasteiger charge is -2.24. The summed E-state index contributed by atoms with van der Waals surface area (Å²) in [6, 6.07) is 22.0. The number of nitrogens with zero attached hydrogens (tertiary/aromatic N) is 1. The number of methoxy groups -OCH3 is 3. The SMILES string of the molecule is COc1ccc(OC)c(NS(=O)(=O)c2ccc(NC(=O)CN(c3ccc(OC)c(Cl)c3)S(=O)(=O)c3ccccc3)cc2)c1. The molecule has 0 unspecified atom stereocenters. The molecule has 4 aromatic rings. The quantitative estimate of drug-likeness (QED) is 0.219. The Morgan fingerprint density at radius 1 is 0.767 bits per heavy atom. The van der Waals surface area contributed by atoms with Crippen molar-refractivity contribution in [2.24, 2.45) is 0 Å². The summed E-state index contributed by atoms with van der Waals surface area (Å²) in [6.07, 6.45) is 0. The molecule has 14 heteroatoms. The van der Waals surface area contributed by atoms with Crippen molar-refractivity contribution in [3.63, 3.8) is 0 Å². The second-order valence-electron chi connectivity index (χ2n) is 8.89. The van der Waals surface area contributed by atoms with Gasteiger partial charge in [-0.1, -0.05) is 29.8 Å². The molecule has 0 fully saturated rings. The van der Waals surface area contributed by atoms with Crippen molar-refractivity contribution < 1.29 is 35.8 Å². The van der Waals surface area contributed by atoms with Crippen molar-refractivity contribution in [1.29, 1.82) is 0 Å². The maximum Gasteiger partial charge on any atom is 0.264 e. The zero-order valence-corrected chi connectivity index (χ0v) is 25.7. The highest BCUT2D eigenvalue weighted by molar-refractivity contribution is 7.93. The first-order valence-electron chi connectivity index (χ1n) is 12.5. The van der Waals surface area contributed by atoms with Crippen LogP contribution in [0, 0.1) is 0 Å². The Hall–Kier alpha value is -4.46. The van der Waals surface area contributed by atoms with E-state index in [2.05, 4.69) is 10.0 Å². The molecule has 0 heterocycles. The molecule has 2 N–H and O–H groups in total. The van der Waals surface area contributed by atoms with Gasteiger partial charge in [0.05, 0.1) is 47.5 Å². The fourth-order valence-corrected chi connectivity index (χ4v) is 6.74. The predicted molar refractivity (Wildman–Crippen MR) is 164 cm³/mol. The fourth-order valence-electron chi connectivity index (χ4n) is 3.99. The Morgan fingerprint density at radius 3 is 2.02 bits per heavy atom. The number of sulfonamides is 2. The number of anilines is 3. The third kappa shape index (κ3) is 7.31. The number of ether oxygens (including phenoxy) is 3. The van der Waals surface area contributed by atoms with Crippen LogP contribution in [-0.4, -0.2) is 50.6 Å². The van der Waals surface area contributed by atoms with Gasteiger partial charge in [-0.3, -0.25) is 13.8 Å². The first kappa shape index (κ1) is 31.5. The van der Waals surface area contributed by atoms with E-state index in [0.29, 0.717) is 17.2 Å². The summed E-state index contributed by atoms with van der Waals surface area (Å²) in [5.74, 6) is 0.376. The standard InChI is InChI=1S/C29H28ClN3O8S2/c1-39-22-12-16-28(41-3)26(18-22)32-42(35,36)23-13-9-20(10-14-23)31-29(34)19-33(21-11-15-27(40-2)25(30)17-21)43(37,38)24-7-5-4-6-8-24/h4-18,32H,19H2,1-3H3,(H,31,34). The Morgan fingerprint density at radius 2 is 1.42 bits per heavy atom. The van der Waals surface area contributed by atoms with Gasteiger partial charge in [-0.05, 0) is 66.7 Å². The van der Waals surface area contributed by atoms with E-state index >= 15 is 0 Å². The van der Waals surface area contributed by atoms with E-state index in [0.717, 1.165) is 4.31 Å². The van der Waals surface area contributed by atoms with Crippen LogP contribution in [0.5, 0.6) is 17.2 Å². The molecule has 0 aliphatic carbocycles. The molecule has 0 saturated heterocycles. The van der Waals surface area contributed by atoms with Crippen LogP contribution in [0.2, 0.25) is 5.02 Å². The van der Waals surface area contributed by atoms with Gasteiger partial charge in [-0.2, -0.15) is 0 Å². The smallest absolute Gasteiger partial charge is 0.264 e. The van der Waals surface area contributed by atoms with Gasteiger partial charge in [0, 0.05) is 11.8 Å².